The maximum atomic E-state index is 13.8. The number of carbonyl (C=O) groups excluding carboxylic acids is 1. The SMILES string of the molecule is Cc1cc(-c2ccc3c(c2)c2c(n3Cc3cccc(F)c3)C(C(N)=O)C[C]C2)no1. The summed E-state index contributed by atoms with van der Waals surface area (Å²) in [5.74, 6) is -0.368. The third kappa shape index (κ3) is 3.09. The molecular weight excluding hydrogens is 381 g/mol. The van der Waals surface area contributed by atoms with Crippen LogP contribution in [-0.4, -0.2) is 15.6 Å². The number of benzene rings is 2. The summed E-state index contributed by atoms with van der Waals surface area (Å²) in [5.41, 5.74) is 11.2. The van der Waals surface area contributed by atoms with E-state index in [1.54, 1.807) is 6.07 Å². The predicted octanol–water partition coefficient (Wildman–Crippen LogP) is 4.39. The van der Waals surface area contributed by atoms with Crippen molar-refractivity contribution in [1.82, 2.24) is 9.72 Å². The van der Waals surface area contributed by atoms with Crippen LogP contribution in [0.4, 0.5) is 4.39 Å². The van der Waals surface area contributed by atoms with Gasteiger partial charge >= 0.3 is 0 Å². The van der Waals surface area contributed by atoms with Crippen molar-refractivity contribution < 1.29 is 13.7 Å². The molecular formula is C24H20FN3O2. The van der Waals surface area contributed by atoms with Crippen LogP contribution in [0.1, 0.15) is 34.9 Å². The predicted molar refractivity (Wildman–Crippen MR) is 111 cm³/mol. The Hall–Kier alpha value is -3.41. The molecule has 0 fully saturated rings. The van der Waals surface area contributed by atoms with Crippen molar-refractivity contribution in [2.24, 2.45) is 5.73 Å². The maximum Gasteiger partial charge on any atom is 0.226 e. The zero-order valence-corrected chi connectivity index (χ0v) is 16.5. The average Bonchev–Trinajstić information content (AvgIpc) is 3.30. The standard InChI is InChI=1S/C24H20FN3O2/c1-14-10-21(27-30-14)16-8-9-22-20(12-16)18-6-3-7-19(24(26)29)23(18)28(22)13-15-4-2-5-17(25)11-15/h2,4-5,8-12,19H,6-7,13H2,1H3,(H2,26,29). The van der Waals surface area contributed by atoms with Crippen molar-refractivity contribution in [3.8, 4) is 11.3 Å². The molecule has 2 N–H and O–H groups in total. The van der Waals surface area contributed by atoms with E-state index in [2.05, 4.69) is 22.2 Å². The Morgan fingerprint density at radius 1 is 1.30 bits per heavy atom. The molecule has 2 aromatic heterocycles. The van der Waals surface area contributed by atoms with Gasteiger partial charge in [0.1, 0.15) is 17.3 Å². The van der Waals surface area contributed by atoms with Crippen molar-refractivity contribution in [2.75, 3.05) is 0 Å². The minimum Gasteiger partial charge on any atom is -0.369 e. The lowest BCUT2D eigenvalue weighted by molar-refractivity contribution is -0.119. The fourth-order valence-electron chi connectivity index (χ4n) is 4.35. The Labute approximate surface area is 173 Å². The molecule has 2 aromatic carbocycles. The van der Waals surface area contributed by atoms with Gasteiger partial charge in [0, 0.05) is 34.8 Å². The summed E-state index contributed by atoms with van der Waals surface area (Å²) >= 11 is 0. The van der Waals surface area contributed by atoms with Crippen LogP contribution >= 0.6 is 0 Å². The molecule has 2 radical (unpaired) electrons. The topological polar surface area (TPSA) is 74.0 Å². The molecule has 2 heterocycles. The zero-order chi connectivity index (χ0) is 20.8. The molecule has 1 aliphatic carbocycles. The molecule has 0 bridgehead atoms. The van der Waals surface area contributed by atoms with Gasteiger partial charge < -0.3 is 14.8 Å². The van der Waals surface area contributed by atoms with E-state index in [1.807, 2.05) is 31.2 Å². The number of amides is 1. The molecule has 0 saturated heterocycles. The fraction of sp³-hybridized carbons (Fsp3) is 0.208. The molecule has 1 unspecified atom stereocenters. The lowest BCUT2D eigenvalue weighted by Crippen LogP contribution is -2.27. The number of nitrogens with two attached hydrogens (primary N) is 1. The first-order valence-corrected chi connectivity index (χ1v) is 9.84. The summed E-state index contributed by atoms with van der Waals surface area (Å²) in [5, 5.41) is 5.15. The molecule has 5 nitrogen and oxygen atoms in total. The summed E-state index contributed by atoms with van der Waals surface area (Å²) in [4.78, 5) is 12.2. The monoisotopic (exact) mass is 401 g/mol. The molecule has 0 spiro atoms. The van der Waals surface area contributed by atoms with E-state index in [-0.39, 0.29) is 11.7 Å². The second-order valence-electron chi connectivity index (χ2n) is 7.72. The zero-order valence-electron chi connectivity index (χ0n) is 16.5. The first-order chi connectivity index (χ1) is 14.5. The van der Waals surface area contributed by atoms with E-state index >= 15 is 0 Å². The largest absolute Gasteiger partial charge is 0.369 e. The second kappa shape index (κ2) is 7.13. The summed E-state index contributed by atoms with van der Waals surface area (Å²) in [6.07, 6.45) is 4.42. The molecule has 0 aliphatic heterocycles. The number of hydrogen-bond acceptors (Lipinski definition) is 3. The van der Waals surface area contributed by atoms with Crippen LogP contribution < -0.4 is 5.73 Å². The van der Waals surface area contributed by atoms with Gasteiger partial charge in [-0.25, -0.2) is 4.39 Å². The third-order valence-corrected chi connectivity index (χ3v) is 5.69. The number of fused-ring (bicyclic) bond motifs is 3. The quantitative estimate of drug-likeness (QED) is 0.551. The number of rotatable bonds is 4. The summed E-state index contributed by atoms with van der Waals surface area (Å²) in [7, 11) is 0. The number of primary amides is 1. The van der Waals surface area contributed by atoms with Gasteiger partial charge in [-0.2, -0.15) is 0 Å². The maximum absolute atomic E-state index is 13.8. The van der Waals surface area contributed by atoms with E-state index in [0.29, 0.717) is 19.4 Å². The Morgan fingerprint density at radius 3 is 2.90 bits per heavy atom. The first kappa shape index (κ1) is 18.6. The average molecular weight is 401 g/mol. The number of aromatic nitrogens is 2. The van der Waals surface area contributed by atoms with E-state index in [1.165, 1.54) is 12.1 Å². The van der Waals surface area contributed by atoms with E-state index in [4.69, 9.17) is 10.3 Å². The van der Waals surface area contributed by atoms with E-state index in [9.17, 15) is 9.18 Å². The molecule has 0 saturated carbocycles. The number of nitrogens with zero attached hydrogens (tertiary/aromatic N) is 2. The molecule has 1 atom stereocenters. The Balaban J connectivity index is 1.72. The summed E-state index contributed by atoms with van der Waals surface area (Å²) < 4.78 is 21.1. The van der Waals surface area contributed by atoms with Crippen molar-refractivity contribution in [3.63, 3.8) is 0 Å². The van der Waals surface area contributed by atoms with Gasteiger partial charge in [-0.15, -0.1) is 0 Å². The van der Waals surface area contributed by atoms with E-state index in [0.717, 1.165) is 44.7 Å². The number of halogens is 1. The lowest BCUT2D eigenvalue weighted by Gasteiger charge is -2.23. The highest BCUT2D eigenvalue weighted by molar-refractivity contribution is 5.93. The Bertz CT molecular complexity index is 1270. The van der Waals surface area contributed by atoms with Gasteiger partial charge in [0.05, 0.1) is 5.92 Å². The molecule has 6 heteroatoms. The summed E-state index contributed by atoms with van der Waals surface area (Å²) in [6.45, 7) is 2.31. The molecule has 30 heavy (non-hydrogen) atoms. The van der Waals surface area contributed by atoms with Gasteiger partial charge in [0.25, 0.3) is 0 Å². The third-order valence-electron chi connectivity index (χ3n) is 5.69. The molecule has 150 valence electrons. The Kier molecular flexibility index (Phi) is 4.42. The highest BCUT2D eigenvalue weighted by atomic mass is 19.1. The number of aryl methyl sites for hydroxylation is 1. The fourth-order valence-corrected chi connectivity index (χ4v) is 4.35. The molecule has 5 rings (SSSR count). The molecule has 4 aromatic rings. The van der Waals surface area contributed by atoms with Gasteiger partial charge in [-0.05, 0) is 61.6 Å². The van der Waals surface area contributed by atoms with Crippen LogP contribution in [0.25, 0.3) is 22.2 Å². The minimum atomic E-state index is -0.451. The van der Waals surface area contributed by atoms with Crippen LogP contribution in [0.2, 0.25) is 0 Å². The van der Waals surface area contributed by atoms with Gasteiger partial charge in [-0.1, -0.05) is 23.4 Å². The molecule has 1 aliphatic rings. The number of hydrogen-bond donors (Lipinski definition) is 1. The first-order valence-electron chi connectivity index (χ1n) is 9.84. The minimum absolute atomic E-state index is 0.283. The van der Waals surface area contributed by atoms with Crippen LogP contribution in [0, 0.1) is 19.2 Å². The van der Waals surface area contributed by atoms with E-state index < -0.39 is 5.92 Å². The van der Waals surface area contributed by atoms with Crippen LogP contribution in [-0.2, 0) is 17.8 Å². The van der Waals surface area contributed by atoms with Crippen molar-refractivity contribution in [2.45, 2.75) is 32.2 Å². The summed E-state index contributed by atoms with van der Waals surface area (Å²) in [6, 6.07) is 14.5. The Morgan fingerprint density at radius 2 is 2.17 bits per heavy atom. The number of carbonyl (C=O) groups is 1. The van der Waals surface area contributed by atoms with Gasteiger partial charge in [0.2, 0.25) is 5.91 Å². The van der Waals surface area contributed by atoms with Crippen LogP contribution in [0.5, 0.6) is 0 Å². The van der Waals surface area contributed by atoms with Crippen LogP contribution in [0.3, 0.4) is 0 Å². The normalized spacial score (nSPS) is 16.0. The smallest absolute Gasteiger partial charge is 0.226 e. The van der Waals surface area contributed by atoms with Crippen molar-refractivity contribution >= 4 is 16.8 Å². The van der Waals surface area contributed by atoms with Gasteiger partial charge in [0.15, 0.2) is 0 Å². The van der Waals surface area contributed by atoms with Crippen molar-refractivity contribution in [3.05, 3.63) is 83.4 Å². The van der Waals surface area contributed by atoms with Crippen molar-refractivity contribution in [1.29, 1.82) is 0 Å². The molecule has 1 amide bonds. The lowest BCUT2D eigenvalue weighted by atomic mass is 9.86. The second-order valence-corrected chi connectivity index (χ2v) is 7.72. The van der Waals surface area contributed by atoms with Crippen LogP contribution in [0.15, 0.2) is 53.1 Å². The highest BCUT2D eigenvalue weighted by Gasteiger charge is 2.31. The van der Waals surface area contributed by atoms with Gasteiger partial charge in [-0.3, -0.25) is 4.79 Å². The highest BCUT2D eigenvalue weighted by Crippen LogP contribution is 2.40.